The van der Waals surface area contributed by atoms with E-state index in [1.54, 1.807) is 11.7 Å². The van der Waals surface area contributed by atoms with Crippen molar-refractivity contribution in [3.05, 3.63) is 41.7 Å². The molecular formula is C12H13N3O. The average Bonchev–Trinajstić information content (AvgIpc) is 2.61. The maximum absolute atomic E-state index is 11.0. The second-order valence-corrected chi connectivity index (χ2v) is 3.74. The van der Waals surface area contributed by atoms with Gasteiger partial charge < -0.3 is 0 Å². The number of hydrogen-bond acceptors (Lipinski definition) is 3. The van der Waals surface area contributed by atoms with Gasteiger partial charge >= 0.3 is 0 Å². The molecular weight excluding hydrogens is 202 g/mol. The van der Waals surface area contributed by atoms with Crippen molar-refractivity contribution in [2.45, 2.75) is 20.3 Å². The number of carbonyl (C=O) groups is 1. The first-order chi connectivity index (χ1) is 7.66. The van der Waals surface area contributed by atoms with Gasteiger partial charge in [0.05, 0.1) is 23.5 Å². The van der Waals surface area contributed by atoms with Crippen molar-refractivity contribution in [3.8, 4) is 5.69 Å². The minimum absolute atomic E-state index is 0.100. The fourth-order valence-corrected chi connectivity index (χ4v) is 1.48. The van der Waals surface area contributed by atoms with Crippen LogP contribution in [0.4, 0.5) is 0 Å². The highest BCUT2D eigenvalue weighted by Crippen LogP contribution is 2.08. The fourth-order valence-electron chi connectivity index (χ4n) is 1.48. The number of para-hydroxylation sites is 1. The molecule has 0 aliphatic rings. The van der Waals surface area contributed by atoms with E-state index in [2.05, 4.69) is 10.2 Å². The molecule has 82 valence electrons. The number of carbonyl (C=O) groups excluding carboxylic acids is 1. The quantitative estimate of drug-likeness (QED) is 0.783. The summed E-state index contributed by atoms with van der Waals surface area (Å²) in [5, 5.41) is 8.59. The number of Topliss-reactive ketones (excluding diaryl/α,β-unsaturated/α-hetero) is 1. The zero-order valence-corrected chi connectivity index (χ0v) is 9.34. The molecule has 16 heavy (non-hydrogen) atoms. The molecule has 0 saturated heterocycles. The highest BCUT2D eigenvalue weighted by atomic mass is 16.1. The Kier molecular flexibility index (Phi) is 2.81. The van der Waals surface area contributed by atoms with Crippen molar-refractivity contribution < 1.29 is 4.79 Å². The monoisotopic (exact) mass is 215 g/mol. The van der Waals surface area contributed by atoms with E-state index in [9.17, 15) is 4.79 Å². The lowest BCUT2D eigenvalue weighted by molar-refractivity contribution is -0.116. The summed E-state index contributed by atoms with van der Waals surface area (Å²) in [7, 11) is 0. The van der Waals surface area contributed by atoms with Gasteiger partial charge in [-0.25, -0.2) is 0 Å². The van der Waals surface area contributed by atoms with Crippen LogP contribution < -0.4 is 0 Å². The Labute approximate surface area is 93.9 Å². The van der Waals surface area contributed by atoms with E-state index in [0.717, 1.165) is 17.1 Å². The summed E-state index contributed by atoms with van der Waals surface area (Å²) in [4.78, 5) is 12.6. The molecule has 1 aromatic carbocycles. The Hall–Kier alpha value is -1.97. The van der Waals surface area contributed by atoms with E-state index in [0.29, 0.717) is 6.42 Å². The van der Waals surface area contributed by atoms with Crippen LogP contribution in [0.15, 0.2) is 30.3 Å². The molecule has 0 aliphatic carbocycles. The highest BCUT2D eigenvalue weighted by molar-refractivity contribution is 5.77. The number of ketones is 1. The van der Waals surface area contributed by atoms with Crippen LogP contribution in [-0.2, 0) is 11.2 Å². The van der Waals surface area contributed by atoms with Gasteiger partial charge in [-0.05, 0) is 26.0 Å². The molecule has 0 atom stereocenters. The molecule has 0 unspecified atom stereocenters. The topological polar surface area (TPSA) is 47.8 Å². The summed E-state index contributed by atoms with van der Waals surface area (Å²) in [5.74, 6) is 0.100. The van der Waals surface area contributed by atoms with Gasteiger partial charge in [0.15, 0.2) is 0 Å². The number of aromatic nitrogens is 3. The average molecular weight is 215 g/mol. The summed E-state index contributed by atoms with van der Waals surface area (Å²) in [6.45, 7) is 3.42. The summed E-state index contributed by atoms with van der Waals surface area (Å²) >= 11 is 0. The molecule has 0 spiro atoms. The molecule has 4 nitrogen and oxygen atoms in total. The van der Waals surface area contributed by atoms with E-state index in [1.165, 1.54) is 0 Å². The van der Waals surface area contributed by atoms with Crippen LogP contribution in [-0.4, -0.2) is 20.8 Å². The van der Waals surface area contributed by atoms with Gasteiger partial charge in [-0.15, -0.1) is 0 Å². The molecule has 4 heteroatoms. The molecule has 0 fully saturated rings. The minimum Gasteiger partial charge on any atom is -0.300 e. The minimum atomic E-state index is 0.100. The van der Waals surface area contributed by atoms with Gasteiger partial charge in [0.25, 0.3) is 0 Å². The van der Waals surface area contributed by atoms with Gasteiger partial charge in [-0.1, -0.05) is 18.2 Å². The standard InChI is InChI=1S/C12H13N3O/c1-9(16)8-12-10(2)13-15(14-12)11-6-4-3-5-7-11/h3-7H,8H2,1-2H3. The third-order valence-corrected chi connectivity index (χ3v) is 2.28. The maximum Gasteiger partial charge on any atom is 0.135 e. The first-order valence-electron chi connectivity index (χ1n) is 5.14. The molecule has 0 N–H and O–H groups in total. The van der Waals surface area contributed by atoms with Crippen LogP contribution in [0.3, 0.4) is 0 Å². The lowest BCUT2D eigenvalue weighted by Crippen LogP contribution is -2.01. The van der Waals surface area contributed by atoms with E-state index in [-0.39, 0.29) is 5.78 Å². The van der Waals surface area contributed by atoms with Crippen LogP contribution in [0.25, 0.3) is 5.69 Å². The number of hydrogen-bond donors (Lipinski definition) is 0. The Morgan fingerprint density at radius 1 is 1.25 bits per heavy atom. The highest BCUT2D eigenvalue weighted by Gasteiger charge is 2.09. The molecule has 0 bridgehead atoms. The van der Waals surface area contributed by atoms with E-state index >= 15 is 0 Å². The lowest BCUT2D eigenvalue weighted by Gasteiger charge is -1.96. The van der Waals surface area contributed by atoms with Crippen LogP contribution in [0.5, 0.6) is 0 Å². The lowest BCUT2D eigenvalue weighted by atomic mass is 10.2. The van der Waals surface area contributed by atoms with Crippen molar-refractivity contribution in [1.82, 2.24) is 15.0 Å². The first-order valence-corrected chi connectivity index (χ1v) is 5.14. The molecule has 1 heterocycles. The van der Waals surface area contributed by atoms with Crippen LogP contribution in [0.2, 0.25) is 0 Å². The second-order valence-electron chi connectivity index (χ2n) is 3.74. The van der Waals surface area contributed by atoms with Crippen molar-refractivity contribution in [1.29, 1.82) is 0 Å². The molecule has 0 amide bonds. The number of benzene rings is 1. The van der Waals surface area contributed by atoms with Gasteiger partial charge in [-0.2, -0.15) is 15.0 Å². The maximum atomic E-state index is 11.0. The molecule has 0 radical (unpaired) electrons. The second kappa shape index (κ2) is 4.26. The molecule has 0 aliphatic heterocycles. The predicted octanol–water partition coefficient (Wildman–Crippen LogP) is 1.71. The van der Waals surface area contributed by atoms with Crippen molar-refractivity contribution in [2.24, 2.45) is 0 Å². The largest absolute Gasteiger partial charge is 0.300 e. The third-order valence-electron chi connectivity index (χ3n) is 2.28. The molecule has 0 saturated carbocycles. The van der Waals surface area contributed by atoms with Gasteiger partial charge in [0, 0.05) is 0 Å². The van der Waals surface area contributed by atoms with Crippen LogP contribution in [0.1, 0.15) is 18.3 Å². The number of aryl methyl sites for hydroxylation is 1. The van der Waals surface area contributed by atoms with Crippen LogP contribution >= 0.6 is 0 Å². The van der Waals surface area contributed by atoms with Crippen LogP contribution in [0, 0.1) is 6.92 Å². The van der Waals surface area contributed by atoms with Gasteiger partial charge in [0.2, 0.25) is 0 Å². The Balaban J connectivity index is 2.34. The smallest absolute Gasteiger partial charge is 0.135 e. The SMILES string of the molecule is CC(=O)Cc1nn(-c2ccccc2)nc1C. The predicted molar refractivity (Wildman–Crippen MR) is 60.5 cm³/mol. The Bertz CT molecular complexity index is 502. The first kappa shape index (κ1) is 10.5. The van der Waals surface area contributed by atoms with Crippen molar-refractivity contribution in [2.75, 3.05) is 0 Å². The van der Waals surface area contributed by atoms with Crippen molar-refractivity contribution >= 4 is 5.78 Å². The summed E-state index contributed by atoms with van der Waals surface area (Å²) < 4.78 is 0. The van der Waals surface area contributed by atoms with Crippen molar-refractivity contribution in [3.63, 3.8) is 0 Å². The fraction of sp³-hybridized carbons (Fsp3) is 0.250. The molecule has 1 aromatic heterocycles. The molecule has 2 rings (SSSR count). The summed E-state index contributed by atoms with van der Waals surface area (Å²) in [6.07, 6.45) is 0.346. The zero-order chi connectivity index (χ0) is 11.5. The Morgan fingerprint density at radius 3 is 2.56 bits per heavy atom. The normalized spacial score (nSPS) is 10.4. The van der Waals surface area contributed by atoms with Gasteiger partial charge in [-0.3, -0.25) is 4.79 Å². The van der Waals surface area contributed by atoms with E-state index < -0.39 is 0 Å². The van der Waals surface area contributed by atoms with E-state index in [1.807, 2.05) is 37.3 Å². The number of rotatable bonds is 3. The molecule has 2 aromatic rings. The number of nitrogens with zero attached hydrogens (tertiary/aromatic N) is 3. The summed E-state index contributed by atoms with van der Waals surface area (Å²) in [6, 6.07) is 9.65. The van der Waals surface area contributed by atoms with E-state index in [4.69, 9.17) is 0 Å². The summed E-state index contributed by atoms with van der Waals surface area (Å²) in [5.41, 5.74) is 2.45. The van der Waals surface area contributed by atoms with Gasteiger partial charge in [0.1, 0.15) is 5.78 Å². The zero-order valence-electron chi connectivity index (χ0n) is 9.34. The Morgan fingerprint density at radius 2 is 1.94 bits per heavy atom. The third kappa shape index (κ3) is 2.16.